The molecule has 4 rings (SSSR count). The third kappa shape index (κ3) is 3.79. The van der Waals surface area contributed by atoms with Gasteiger partial charge in [-0.25, -0.2) is 4.39 Å². The quantitative estimate of drug-likeness (QED) is 0.589. The minimum atomic E-state index is -0.275. The summed E-state index contributed by atoms with van der Waals surface area (Å²) in [5, 5.41) is 8.56. The highest BCUT2D eigenvalue weighted by Crippen LogP contribution is 2.39. The number of carbonyl (C=O) groups is 1. The van der Waals surface area contributed by atoms with Gasteiger partial charge in [0.05, 0.1) is 11.4 Å². The molecule has 0 spiro atoms. The number of aromatic nitrogens is 3. The largest absolute Gasteiger partial charge is 0.325 e. The van der Waals surface area contributed by atoms with Crippen LogP contribution in [0.2, 0.25) is 0 Å². The molecule has 5 nitrogen and oxygen atoms in total. The molecule has 1 aliphatic heterocycles. The molecule has 0 aliphatic carbocycles. The zero-order valence-electron chi connectivity index (χ0n) is 15.3. The van der Waals surface area contributed by atoms with Gasteiger partial charge in [0.2, 0.25) is 5.91 Å². The number of aryl methyl sites for hydroxylation is 1. The normalized spacial score (nSPS) is 16.5. The van der Waals surface area contributed by atoms with E-state index in [2.05, 4.69) is 10.2 Å². The van der Waals surface area contributed by atoms with E-state index in [-0.39, 0.29) is 22.9 Å². The standard InChI is InChI=1S/C20H19FN4OS2/c1-14-6-2-5-9-17(14)25-13-22-23-20(25)28-12-18(26)24-10-11-27-19(24)15-7-3-4-8-16(15)21/h2-9,13,19H,10-12H2,1H3/t19-/m0/s1. The number of thioether (sulfide) groups is 2. The molecule has 0 radical (unpaired) electrons. The number of carbonyl (C=O) groups excluding carboxylic acids is 1. The summed E-state index contributed by atoms with van der Waals surface area (Å²) in [6, 6.07) is 14.6. The number of hydrogen-bond donors (Lipinski definition) is 0. The van der Waals surface area contributed by atoms with Crippen LogP contribution in [-0.4, -0.2) is 43.6 Å². The zero-order valence-corrected chi connectivity index (χ0v) is 16.9. The maximum atomic E-state index is 14.2. The molecule has 1 amide bonds. The van der Waals surface area contributed by atoms with Crippen molar-refractivity contribution >= 4 is 29.4 Å². The smallest absolute Gasteiger partial charge is 0.234 e. The Hall–Kier alpha value is -2.32. The second-order valence-corrected chi connectivity index (χ2v) is 8.52. The van der Waals surface area contributed by atoms with Gasteiger partial charge in [-0.05, 0) is 24.6 Å². The Kier molecular flexibility index (Phi) is 5.68. The molecule has 144 valence electrons. The van der Waals surface area contributed by atoms with Gasteiger partial charge in [-0.1, -0.05) is 48.2 Å². The van der Waals surface area contributed by atoms with E-state index in [1.54, 1.807) is 41.2 Å². The lowest BCUT2D eigenvalue weighted by atomic mass is 10.2. The summed E-state index contributed by atoms with van der Waals surface area (Å²) >= 11 is 2.94. The lowest BCUT2D eigenvalue weighted by molar-refractivity contribution is -0.128. The minimum Gasteiger partial charge on any atom is -0.325 e. The van der Waals surface area contributed by atoms with Crippen molar-refractivity contribution in [1.82, 2.24) is 19.7 Å². The van der Waals surface area contributed by atoms with Crippen molar-refractivity contribution in [1.29, 1.82) is 0 Å². The molecule has 1 saturated heterocycles. The first-order valence-electron chi connectivity index (χ1n) is 8.89. The minimum absolute atomic E-state index is 0.0254. The summed E-state index contributed by atoms with van der Waals surface area (Å²) in [4.78, 5) is 14.6. The third-order valence-corrected chi connectivity index (χ3v) is 6.77. The van der Waals surface area contributed by atoms with E-state index in [0.717, 1.165) is 17.0 Å². The van der Waals surface area contributed by atoms with Crippen molar-refractivity contribution in [2.24, 2.45) is 0 Å². The number of hydrogen-bond acceptors (Lipinski definition) is 5. The Bertz CT molecular complexity index is 994. The molecule has 3 aromatic rings. The number of para-hydroxylation sites is 1. The molecule has 2 heterocycles. The fourth-order valence-electron chi connectivity index (χ4n) is 3.19. The molecular weight excluding hydrogens is 395 g/mol. The second-order valence-electron chi connectivity index (χ2n) is 6.39. The summed E-state index contributed by atoms with van der Waals surface area (Å²) in [5.74, 6) is 0.736. The Morgan fingerprint density at radius 3 is 2.86 bits per heavy atom. The van der Waals surface area contributed by atoms with E-state index in [4.69, 9.17) is 0 Å². The van der Waals surface area contributed by atoms with E-state index in [1.807, 2.05) is 35.8 Å². The van der Waals surface area contributed by atoms with E-state index < -0.39 is 0 Å². The molecule has 1 fully saturated rings. The predicted octanol–water partition coefficient (Wildman–Crippen LogP) is 4.08. The molecule has 1 aliphatic rings. The molecule has 1 aromatic heterocycles. The van der Waals surface area contributed by atoms with Crippen LogP contribution in [-0.2, 0) is 4.79 Å². The molecule has 0 unspecified atom stereocenters. The monoisotopic (exact) mass is 414 g/mol. The highest BCUT2D eigenvalue weighted by Gasteiger charge is 2.32. The van der Waals surface area contributed by atoms with Gasteiger partial charge < -0.3 is 4.90 Å². The van der Waals surface area contributed by atoms with Gasteiger partial charge in [-0.2, -0.15) is 0 Å². The second kappa shape index (κ2) is 8.36. The molecular formula is C20H19FN4OS2. The van der Waals surface area contributed by atoms with E-state index in [1.165, 1.54) is 17.8 Å². The van der Waals surface area contributed by atoms with Crippen molar-refractivity contribution in [2.45, 2.75) is 17.5 Å². The molecule has 8 heteroatoms. The number of nitrogens with zero attached hydrogens (tertiary/aromatic N) is 4. The molecule has 0 saturated carbocycles. The van der Waals surface area contributed by atoms with Crippen LogP contribution >= 0.6 is 23.5 Å². The summed E-state index contributed by atoms with van der Waals surface area (Å²) in [6.45, 7) is 2.64. The molecule has 2 aromatic carbocycles. The maximum absolute atomic E-state index is 14.2. The Morgan fingerprint density at radius 1 is 1.25 bits per heavy atom. The number of amides is 1. The Morgan fingerprint density at radius 2 is 2.04 bits per heavy atom. The Labute approximate surface area is 171 Å². The van der Waals surface area contributed by atoms with Crippen LogP contribution < -0.4 is 0 Å². The predicted molar refractivity (Wildman–Crippen MR) is 110 cm³/mol. The van der Waals surface area contributed by atoms with Crippen LogP contribution in [0, 0.1) is 12.7 Å². The maximum Gasteiger partial charge on any atom is 0.234 e. The van der Waals surface area contributed by atoms with Crippen LogP contribution in [0.15, 0.2) is 60.0 Å². The Balaban J connectivity index is 1.48. The number of halogens is 1. The molecule has 1 atom stereocenters. The van der Waals surface area contributed by atoms with Crippen molar-refractivity contribution in [3.63, 3.8) is 0 Å². The van der Waals surface area contributed by atoms with Gasteiger partial charge in [0.15, 0.2) is 5.16 Å². The summed E-state index contributed by atoms with van der Waals surface area (Å²) in [6.07, 6.45) is 1.66. The van der Waals surface area contributed by atoms with Crippen molar-refractivity contribution < 1.29 is 9.18 Å². The SMILES string of the molecule is Cc1ccccc1-n1cnnc1SCC(=O)N1CCS[C@H]1c1ccccc1F. The molecule has 0 N–H and O–H groups in total. The average molecular weight is 415 g/mol. The number of rotatable bonds is 5. The first kappa shape index (κ1) is 19.0. The van der Waals surface area contributed by atoms with E-state index in [0.29, 0.717) is 17.3 Å². The zero-order chi connectivity index (χ0) is 19.5. The van der Waals surface area contributed by atoms with Gasteiger partial charge >= 0.3 is 0 Å². The summed E-state index contributed by atoms with van der Waals surface area (Å²) in [5.41, 5.74) is 2.65. The van der Waals surface area contributed by atoms with Crippen LogP contribution in [0.25, 0.3) is 5.69 Å². The fraction of sp³-hybridized carbons (Fsp3) is 0.250. The van der Waals surface area contributed by atoms with Crippen molar-refractivity contribution in [3.05, 3.63) is 71.8 Å². The van der Waals surface area contributed by atoms with Crippen LogP contribution in [0.1, 0.15) is 16.5 Å². The lowest BCUT2D eigenvalue weighted by Crippen LogP contribution is -2.32. The summed E-state index contributed by atoms with van der Waals surface area (Å²) in [7, 11) is 0. The first-order chi connectivity index (χ1) is 13.6. The highest BCUT2D eigenvalue weighted by molar-refractivity contribution is 8.00. The molecule has 0 bridgehead atoms. The van der Waals surface area contributed by atoms with Gasteiger partial charge in [0.25, 0.3) is 0 Å². The van der Waals surface area contributed by atoms with Crippen molar-refractivity contribution in [2.75, 3.05) is 18.1 Å². The topological polar surface area (TPSA) is 51.0 Å². The van der Waals surface area contributed by atoms with E-state index >= 15 is 0 Å². The van der Waals surface area contributed by atoms with Gasteiger partial charge in [-0.3, -0.25) is 9.36 Å². The highest BCUT2D eigenvalue weighted by atomic mass is 32.2. The van der Waals surface area contributed by atoms with Gasteiger partial charge in [0.1, 0.15) is 17.5 Å². The average Bonchev–Trinajstić information content (AvgIpc) is 3.36. The fourth-order valence-corrected chi connectivity index (χ4v) is 5.30. The number of benzene rings is 2. The van der Waals surface area contributed by atoms with Crippen LogP contribution in [0.5, 0.6) is 0 Å². The van der Waals surface area contributed by atoms with E-state index in [9.17, 15) is 9.18 Å². The molecule has 28 heavy (non-hydrogen) atoms. The third-order valence-electron chi connectivity index (χ3n) is 4.60. The lowest BCUT2D eigenvalue weighted by Gasteiger charge is -2.24. The summed E-state index contributed by atoms with van der Waals surface area (Å²) < 4.78 is 16.1. The van der Waals surface area contributed by atoms with Gasteiger partial charge in [-0.15, -0.1) is 22.0 Å². The first-order valence-corrected chi connectivity index (χ1v) is 10.9. The van der Waals surface area contributed by atoms with Gasteiger partial charge in [0, 0.05) is 17.9 Å². The van der Waals surface area contributed by atoms with Crippen molar-refractivity contribution in [3.8, 4) is 5.69 Å². The van der Waals surface area contributed by atoms with Crippen LogP contribution in [0.4, 0.5) is 4.39 Å². The van der Waals surface area contributed by atoms with Crippen LogP contribution in [0.3, 0.4) is 0 Å².